The molecule has 0 rings (SSSR count). The Hall–Kier alpha value is -1.30. The van der Waals surface area contributed by atoms with Crippen LogP contribution in [0.2, 0.25) is 0 Å². The second-order valence-electron chi connectivity index (χ2n) is 3.42. The van der Waals surface area contributed by atoms with Crippen LogP contribution in [0, 0.1) is 0 Å². The van der Waals surface area contributed by atoms with Gasteiger partial charge >= 0.3 is 0 Å². The number of allylic oxidation sites excluding steroid dienone is 7. The number of hydrogen-bond donors (Lipinski definition) is 0. The van der Waals surface area contributed by atoms with Crippen molar-refractivity contribution in [3.05, 3.63) is 60.3 Å². The maximum atomic E-state index is 3.99. The topological polar surface area (TPSA) is 0 Å². The number of rotatable bonds is 5. The van der Waals surface area contributed by atoms with E-state index in [0.29, 0.717) is 0 Å². The van der Waals surface area contributed by atoms with Crippen LogP contribution in [-0.2, 0) is 0 Å². The highest BCUT2D eigenvalue weighted by molar-refractivity contribution is 5.46. The van der Waals surface area contributed by atoms with E-state index in [-0.39, 0.29) is 0 Å². The molecule has 0 aliphatic rings. The lowest BCUT2D eigenvalue weighted by Gasteiger charge is -2.05. The Kier molecular flexibility index (Phi) is 5.62. The standard InChI is InChI=1S/C14H20/c1-7-12(6)14(9-3)10-13(8-2)11(4)5/h8-10H,2-3,6-7H2,1,4-5H3/b14-10+. The van der Waals surface area contributed by atoms with Crippen molar-refractivity contribution in [1.82, 2.24) is 0 Å². The monoisotopic (exact) mass is 188 g/mol. The van der Waals surface area contributed by atoms with Crippen LogP contribution in [0.25, 0.3) is 0 Å². The first-order chi connectivity index (χ1) is 6.56. The Bertz CT molecular complexity index is 294. The normalized spacial score (nSPS) is 10.6. The summed E-state index contributed by atoms with van der Waals surface area (Å²) in [6.45, 7) is 17.8. The minimum absolute atomic E-state index is 0.949. The highest BCUT2D eigenvalue weighted by Gasteiger charge is 1.97. The molecule has 0 amide bonds. The van der Waals surface area contributed by atoms with Gasteiger partial charge in [0.2, 0.25) is 0 Å². The average Bonchev–Trinajstić information content (AvgIpc) is 2.18. The third-order valence-corrected chi connectivity index (χ3v) is 2.16. The van der Waals surface area contributed by atoms with E-state index in [2.05, 4.69) is 46.6 Å². The molecule has 76 valence electrons. The molecule has 0 aromatic rings. The van der Waals surface area contributed by atoms with E-state index in [1.807, 2.05) is 12.2 Å². The van der Waals surface area contributed by atoms with Gasteiger partial charge in [-0.15, -0.1) is 0 Å². The third-order valence-electron chi connectivity index (χ3n) is 2.16. The molecule has 0 aliphatic heterocycles. The molecule has 0 saturated heterocycles. The summed E-state index contributed by atoms with van der Waals surface area (Å²) in [5.41, 5.74) is 4.61. The molecule has 0 nitrogen and oxygen atoms in total. The Morgan fingerprint density at radius 2 is 1.71 bits per heavy atom. The molecule has 0 N–H and O–H groups in total. The van der Waals surface area contributed by atoms with Crippen molar-refractivity contribution in [1.29, 1.82) is 0 Å². The quantitative estimate of drug-likeness (QED) is 0.554. The molecule has 0 aromatic carbocycles. The zero-order chi connectivity index (χ0) is 11.1. The van der Waals surface area contributed by atoms with Crippen LogP contribution in [0.15, 0.2) is 60.3 Å². The Labute approximate surface area is 88.0 Å². The second-order valence-corrected chi connectivity index (χ2v) is 3.42. The largest absolute Gasteiger partial charge is 0.0985 e. The minimum Gasteiger partial charge on any atom is -0.0985 e. The fraction of sp³-hybridized carbons (Fsp3) is 0.286. The molecule has 0 atom stereocenters. The zero-order valence-corrected chi connectivity index (χ0v) is 9.56. The van der Waals surface area contributed by atoms with E-state index in [1.165, 1.54) is 5.57 Å². The Morgan fingerprint density at radius 3 is 2.00 bits per heavy atom. The van der Waals surface area contributed by atoms with Crippen LogP contribution in [0.5, 0.6) is 0 Å². The van der Waals surface area contributed by atoms with Gasteiger partial charge in [0.25, 0.3) is 0 Å². The molecular formula is C14H20. The van der Waals surface area contributed by atoms with Crippen LogP contribution >= 0.6 is 0 Å². The maximum Gasteiger partial charge on any atom is -0.0230 e. The Balaban J connectivity index is 5.11. The second kappa shape index (κ2) is 6.20. The van der Waals surface area contributed by atoms with Crippen LogP contribution < -0.4 is 0 Å². The number of hydrogen-bond acceptors (Lipinski definition) is 0. The molecule has 0 radical (unpaired) electrons. The fourth-order valence-corrected chi connectivity index (χ4v) is 1.08. The molecule has 0 saturated carbocycles. The van der Waals surface area contributed by atoms with Gasteiger partial charge in [-0.1, -0.05) is 44.4 Å². The first-order valence-corrected chi connectivity index (χ1v) is 4.89. The molecule has 0 unspecified atom stereocenters. The van der Waals surface area contributed by atoms with Crippen molar-refractivity contribution in [3.63, 3.8) is 0 Å². The molecule has 0 spiro atoms. The summed E-state index contributed by atoms with van der Waals surface area (Å²) in [7, 11) is 0. The van der Waals surface area contributed by atoms with Crippen molar-refractivity contribution in [3.8, 4) is 0 Å². The van der Waals surface area contributed by atoms with Gasteiger partial charge in [0.05, 0.1) is 0 Å². The van der Waals surface area contributed by atoms with Gasteiger partial charge in [-0.2, -0.15) is 0 Å². The van der Waals surface area contributed by atoms with Crippen molar-refractivity contribution < 1.29 is 0 Å². The first kappa shape index (κ1) is 12.7. The van der Waals surface area contributed by atoms with Crippen molar-refractivity contribution >= 4 is 0 Å². The van der Waals surface area contributed by atoms with Crippen molar-refractivity contribution in [2.75, 3.05) is 0 Å². The third kappa shape index (κ3) is 3.61. The lowest BCUT2D eigenvalue weighted by molar-refractivity contribution is 1.13. The predicted octanol–water partition coefficient (Wildman–Crippen LogP) is 4.59. The van der Waals surface area contributed by atoms with Crippen LogP contribution in [0.3, 0.4) is 0 Å². The average molecular weight is 188 g/mol. The summed E-state index contributed by atoms with van der Waals surface area (Å²) in [4.78, 5) is 0. The highest BCUT2D eigenvalue weighted by Crippen LogP contribution is 2.17. The maximum absolute atomic E-state index is 3.99. The van der Waals surface area contributed by atoms with E-state index < -0.39 is 0 Å². The molecule has 0 heterocycles. The van der Waals surface area contributed by atoms with Gasteiger partial charge in [0.1, 0.15) is 0 Å². The molecule has 14 heavy (non-hydrogen) atoms. The van der Waals surface area contributed by atoms with Crippen molar-refractivity contribution in [2.45, 2.75) is 27.2 Å². The Morgan fingerprint density at radius 1 is 1.14 bits per heavy atom. The van der Waals surface area contributed by atoms with E-state index in [9.17, 15) is 0 Å². The minimum atomic E-state index is 0.949. The molecule has 0 heteroatoms. The van der Waals surface area contributed by atoms with E-state index >= 15 is 0 Å². The van der Waals surface area contributed by atoms with Gasteiger partial charge in [-0.05, 0) is 43.1 Å². The lowest BCUT2D eigenvalue weighted by atomic mass is 10.0. The molecule has 0 aliphatic carbocycles. The summed E-state index contributed by atoms with van der Waals surface area (Å²) < 4.78 is 0. The molecule has 0 bridgehead atoms. The molecule has 0 aromatic heterocycles. The summed E-state index contributed by atoms with van der Waals surface area (Å²) in [6, 6.07) is 0. The molecular weight excluding hydrogens is 168 g/mol. The summed E-state index contributed by atoms with van der Waals surface area (Å²) >= 11 is 0. The van der Waals surface area contributed by atoms with Crippen LogP contribution in [0.4, 0.5) is 0 Å². The van der Waals surface area contributed by atoms with Crippen molar-refractivity contribution in [2.24, 2.45) is 0 Å². The van der Waals surface area contributed by atoms with Gasteiger partial charge in [0.15, 0.2) is 0 Å². The lowest BCUT2D eigenvalue weighted by Crippen LogP contribution is -1.85. The molecule has 0 fully saturated rings. The van der Waals surface area contributed by atoms with E-state index in [4.69, 9.17) is 0 Å². The predicted molar refractivity (Wildman–Crippen MR) is 66.3 cm³/mol. The zero-order valence-electron chi connectivity index (χ0n) is 9.56. The smallest absolute Gasteiger partial charge is 0.0230 e. The van der Waals surface area contributed by atoms with E-state index in [1.54, 1.807) is 0 Å². The van der Waals surface area contributed by atoms with Gasteiger partial charge in [0, 0.05) is 0 Å². The summed E-state index contributed by atoms with van der Waals surface area (Å²) in [5, 5.41) is 0. The fourth-order valence-electron chi connectivity index (χ4n) is 1.08. The van der Waals surface area contributed by atoms with Crippen LogP contribution in [0.1, 0.15) is 27.2 Å². The highest BCUT2D eigenvalue weighted by atomic mass is 14.0. The van der Waals surface area contributed by atoms with E-state index in [0.717, 1.165) is 23.1 Å². The summed E-state index contributed by atoms with van der Waals surface area (Å²) in [6.07, 6.45) is 6.74. The first-order valence-electron chi connectivity index (χ1n) is 4.89. The van der Waals surface area contributed by atoms with Crippen LogP contribution in [-0.4, -0.2) is 0 Å². The van der Waals surface area contributed by atoms with Gasteiger partial charge in [-0.25, -0.2) is 0 Å². The van der Waals surface area contributed by atoms with Gasteiger partial charge in [-0.3, -0.25) is 0 Å². The van der Waals surface area contributed by atoms with Gasteiger partial charge < -0.3 is 0 Å². The SMILES string of the molecule is C=CC(/C=C(\C=C)C(=C)CC)=C(C)C. The summed E-state index contributed by atoms with van der Waals surface area (Å²) in [5.74, 6) is 0.